The number of benzene rings is 1. The van der Waals surface area contributed by atoms with Gasteiger partial charge in [-0.2, -0.15) is 0 Å². The predicted octanol–water partition coefficient (Wildman–Crippen LogP) is 3.92. The minimum Gasteiger partial charge on any atom is -0.336 e. The molecule has 23 heavy (non-hydrogen) atoms. The molecule has 0 aliphatic carbocycles. The van der Waals surface area contributed by atoms with E-state index >= 15 is 0 Å². The average molecular weight is 333 g/mol. The maximum atomic E-state index is 12.9. The number of hydrogen-bond donors (Lipinski definition) is 1. The molecule has 4 heteroatoms. The Morgan fingerprint density at radius 3 is 2.65 bits per heavy atom. The molecule has 0 radical (unpaired) electrons. The van der Waals surface area contributed by atoms with E-state index in [1.165, 1.54) is 25.7 Å². The molecule has 0 saturated carbocycles. The van der Waals surface area contributed by atoms with Crippen molar-refractivity contribution in [2.75, 3.05) is 6.54 Å². The van der Waals surface area contributed by atoms with Gasteiger partial charge in [0.1, 0.15) is 0 Å². The van der Waals surface area contributed by atoms with Crippen LogP contribution in [0.1, 0.15) is 56.6 Å². The lowest BCUT2D eigenvalue weighted by atomic mass is 9.89. The number of carbonyl (C=O) groups is 1. The van der Waals surface area contributed by atoms with Crippen molar-refractivity contribution in [1.82, 2.24) is 10.2 Å². The van der Waals surface area contributed by atoms with Crippen molar-refractivity contribution in [1.29, 1.82) is 0 Å². The largest absolute Gasteiger partial charge is 0.336 e. The van der Waals surface area contributed by atoms with Crippen molar-refractivity contribution in [2.24, 2.45) is 5.92 Å². The minimum atomic E-state index is 0.176. The maximum Gasteiger partial charge on any atom is 0.223 e. The van der Waals surface area contributed by atoms with Gasteiger partial charge in [0.05, 0.1) is 6.04 Å². The number of rotatable bonds is 3. The van der Waals surface area contributed by atoms with Crippen LogP contribution < -0.4 is 5.32 Å². The molecule has 3 aliphatic heterocycles. The summed E-state index contributed by atoms with van der Waals surface area (Å²) in [4.78, 5) is 15.0. The number of amides is 1. The number of fused-ring (bicyclic) bond motifs is 2. The molecule has 1 amide bonds. The number of piperidine rings is 1. The predicted molar refractivity (Wildman–Crippen MR) is 92.4 cm³/mol. The van der Waals surface area contributed by atoms with Gasteiger partial charge >= 0.3 is 0 Å². The van der Waals surface area contributed by atoms with Gasteiger partial charge in [-0.3, -0.25) is 4.79 Å². The maximum absolute atomic E-state index is 12.9. The molecule has 1 N–H and O–H groups in total. The highest BCUT2D eigenvalue weighted by Crippen LogP contribution is 2.38. The van der Waals surface area contributed by atoms with Crippen LogP contribution in [0.5, 0.6) is 0 Å². The van der Waals surface area contributed by atoms with Crippen LogP contribution in [0.3, 0.4) is 0 Å². The van der Waals surface area contributed by atoms with Crippen LogP contribution in [-0.2, 0) is 4.79 Å². The summed E-state index contributed by atoms with van der Waals surface area (Å²) in [6.07, 6.45) is 7.77. The number of nitrogens with zero attached hydrogens (tertiary/aromatic N) is 1. The van der Waals surface area contributed by atoms with Gasteiger partial charge in [0.2, 0.25) is 5.91 Å². The second kappa shape index (κ2) is 6.45. The lowest BCUT2D eigenvalue weighted by Crippen LogP contribution is -2.40. The number of halogens is 1. The van der Waals surface area contributed by atoms with E-state index < -0.39 is 0 Å². The molecule has 0 aromatic heterocycles. The summed E-state index contributed by atoms with van der Waals surface area (Å²) >= 11 is 6.37. The molecule has 3 aliphatic rings. The Bertz CT molecular complexity index is 578. The second-order valence-electron chi connectivity index (χ2n) is 7.45. The van der Waals surface area contributed by atoms with Gasteiger partial charge in [0.15, 0.2) is 0 Å². The first-order valence-electron chi connectivity index (χ1n) is 9.00. The van der Waals surface area contributed by atoms with E-state index in [0.29, 0.717) is 23.9 Å². The van der Waals surface area contributed by atoms with Crippen LogP contribution >= 0.6 is 11.6 Å². The molecule has 1 aromatic rings. The van der Waals surface area contributed by atoms with Crippen LogP contribution in [0.15, 0.2) is 24.3 Å². The number of likely N-dealkylation sites (tertiary alicyclic amines) is 1. The van der Waals surface area contributed by atoms with Crippen molar-refractivity contribution in [2.45, 2.75) is 63.1 Å². The molecule has 2 bridgehead atoms. The molecule has 0 spiro atoms. The zero-order chi connectivity index (χ0) is 15.8. The fourth-order valence-electron chi connectivity index (χ4n) is 4.84. The van der Waals surface area contributed by atoms with Crippen molar-refractivity contribution >= 4 is 17.5 Å². The van der Waals surface area contributed by atoms with Crippen LogP contribution in [0.4, 0.5) is 0 Å². The Kier molecular flexibility index (Phi) is 4.33. The first-order chi connectivity index (χ1) is 11.2. The number of nitrogens with one attached hydrogen (secondary N) is 1. The minimum absolute atomic E-state index is 0.176. The molecule has 124 valence electrons. The molecule has 3 atom stereocenters. The molecule has 3 unspecified atom stereocenters. The summed E-state index contributed by atoms with van der Waals surface area (Å²) in [5.41, 5.74) is 1.12. The van der Waals surface area contributed by atoms with Gasteiger partial charge in [-0.25, -0.2) is 0 Å². The normalized spacial score (nSPS) is 33.2. The van der Waals surface area contributed by atoms with Gasteiger partial charge in [-0.1, -0.05) is 29.8 Å². The van der Waals surface area contributed by atoms with Gasteiger partial charge in [0.25, 0.3) is 0 Å². The Labute approximate surface area is 143 Å². The fraction of sp³-hybridized carbons (Fsp3) is 0.632. The molecule has 1 aromatic carbocycles. The summed E-state index contributed by atoms with van der Waals surface area (Å²) in [5.74, 6) is 0.896. The van der Waals surface area contributed by atoms with Crippen LogP contribution in [-0.4, -0.2) is 29.4 Å². The third-order valence-electron chi connectivity index (χ3n) is 5.87. The molecular weight excluding hydrogens is 308 g/mol. The van der Waals surface area contributed by atoms with E-state index in [4.69, 9.17) is 11.6 Å². The molecule has 3 saturated heterocycles. The molecule has 3 fully saturated rings. The summed E-state index contributed by atoms with van der Waals surface area (Å²) in [7, 11) is 0. The monoisotopic (exact) mass is 332 g/mol. The Morgan fingerprint density at radius 1 is 1.17 bits per heavy atom. The first-order valence-corrected chi connectivity index (χ1v) is 9.38. The van der Waals surface area contributed by atoms with Gasteiger partial charge in [0, 0.05) is 30.1 Å². The van der Waals surface area contributed by atoms with Crippen molar-refractivity contribution in [3.63, 3.8) is 0 Å². The number of hydrogen-bond acceptors (Lipinski definition) is 2. The van der Waals surface area contributed by atoms with Gasteiger partial charge < -0.3 is 10.2 Å². The van der Waals surface area contributed by atoms with E-state index in [-0.39, 0.29) is 6.04 Å². The van der Waals surface area contributed by atoms with Gasteiger partial charge in [-0.05, 0) is 56.1 Å². The standard InChI is InChI=1S/C19H25ClN2O/c20-17-5-2-1-4-16(17)18-6-3-9-22(18)19(23)12-13-10-14-7-8-15(11-13)21-14/h1-2,4-5,13-15,18,21H,3,6-12H2. The van der Waals surface area contributed by atoms with Crippen LogP contribution in [0.2, 0.25) is 5.02 Å². The zero-order valence-corrected chi connectivity index (χ0v) is 14.3. The Hall–Kier alpha value is -1.06. The highest BCUT2D eigenvalue weighted by atomic mass is 35.5. The van der Waals surface area contributed by atoms with Crippen molar-refractivity contribution in [3.8, 4) is 0 Å². The topological polar surface area (TPSA) is 32.3 Å². The van der Waals surface area contributed by atoms with E-state index in [0.717, 1.165) is 36.4 Å². The summed E-state index contributed by atoms with van der Waals surface area (Å²) < 4.78 is 0. The van der Waals surface area contributed by atoms with E-state index in [9.17, 15) is 4.79 Å². The smallest absolute Gasteiger partial charge is 0.223 e. The Morgan fingerprint density at radius 2 is 1.91 bits per heavy atom. The van der Waals surface area contributed by atoms with Crippen LogP contribution in [0.25, 0.3) is 0 Å². The van der Waals surface area contributed by atoms with Crippen molar-refractivity contribution in [3.05, 3.63) is 34.9 Å². The lowest BCUT2D eigenvalue weighted by molar-refractivity contribution is -0.133. The summed E-state index contributed by atoms with van der Waals surface area (Å²) in [6, 6.07) is 9.47. The van der Waals surface area contributed by atoms with E-state index in [2.05, 4.69) is 16.3 Å². The highest BCUT2D eigenvalue weighted by molar-refractivity contribution is 6.31. The second-order valence-corrected chi connectivity index (χ2v) is 7.85. The molecule has 3 nitrogen and oxygen atoms in total. The van der Waals surface area contributed by atoms with Crippen LogP contribution in [0, 0.1) is 5.92 Å². The van der Waals surface area contributed by atoms with Crippen molar-refractivity contribution < 1.29 is 4.79 Å². The summed E-state index contributed by atoms with van der Waals surface area (Å²) in [6.45, 7) is 0.881. The first kappa shape index (κ1) is 15.5. The third-order valence-corrected chi connectivity index (χ3v) is 6.22. The zero-order valence-electron chi connectivity index (χ0n) is 13.5. The third kappa shape index (κ3) is 3.14. The fourth-order valence-corrected chi connectivity index (χ4v) is 5.10. The molecular formula is C19H25ClN2O. The quantitative estimate of drug-likeness (QED) is 0.909. The molecule has 4 rings (SSSR count). The number of carbonyl (C=O) groups excluding carboxylic acids is 1. The van der Waals surface area contributed by atoms with E-state index in [1.807, 2.05) is 18.2 Å². The highest BCUT2D eigenvalue weighted by Gasteiger charge is 2.37. The average Bonchev–Trinajstić information content (AvgIpc) is 3.14. The summed E-state index contributed by atoms with van der Waals surface area (Å²) in [5, 5.41) is 4.45. The SMILES string of the molecule is O=C(CC1CC2CCC(C1)N2)N1CCCC1c1ccccc1Cl. The van der Waals surface area contributed by atoms with Gasteiger partial charge in [-0.15, -0.1) is 0 Å². The van der Waals surface area contributed by atoms with E-state index in [1.54, 1.807) is 0 Å². The Balaban J connectivity index is 1.44. The molecule has 3 heterocycles. The lowest BCUT2D eigenvalue weighted by Gasteiger charge is -2.31.